The predicted octanol–water partition coefficient (Wildman–Crippen LogP) is 2.41. The Labute approximate surface area is 128 Å². The summed E-state index contributed by atoms with van der Waals surface area (Å²) in [5, 5.41) is 15.3. The van der Waals surface area contributed by atoms with Crippen molar-refractivity contribution in [1.82, 2.24) is 4.98 Å². The van der Waals surface area contributed by atoms with Crippen LogP contribution in [0.2, 0.25) is 0 Å². The van der Waals surface area contributed by atoms with Gasteiger partial charge in [-0.05, 0) is 19.1 Å². The van der Waals surface area contributed by atoms with Crippen LogP contribution >= 0.6 is 0 Å². The Hall–Kier alpha value is -2.41. The number of aromatic nitrogens is 1. The van der Waals surface area contributed by atoms with Gasteiger partial charge < -0.3 is 15.0 Å². The molecule has 7 heteroatoms. The van der Waals surface area contributed by atoms with Crippen LogP contribution in [0.4, 0.5) is 17.2 Å². The van der Waals surface area contributed by atoms with Crippen LogP contribution in [0.5, 0.6) is 0 Å². The molecule has 3 rings (SSSR count). The second kappa shape index (κ2) is 6.15. The summed E-state index contributed by atoms with van der Waals surface area (Å²) in [6.45, 7) is 5.09. The molecule has 1 aliphatic heterocycles. The second-order valence-electron chi connectivity index (χ2n) is 5.06. The lowest BCUT2D eigenvalue weighted by molar-refractivity contribution is -0.382. The average Bonchev–Trinajstić information content (AvgIpc) is 2.55. The van der Waals surface area contributed by atoms with Crippen LogP contribution in [0.1, 0.15) is 6.92 Å². The molecule has 2 aromatic rings. The molecule has 2 heterocycles. The van der Waals surface area contributed by atoms with Gasteiger partial charge in [0.1, 0.15) is 0 Å². The van der Waals surface area contributed by atoms with Crippen LogP contribution in [-0.2, 0) is 4.74 Å². The van der Waals surface area contributed by atoms with E-state index >= 15 is 0 Å². The molecule has 1 N–H and O–H groups in total. The average molecular weight is 302 g/mol. The fraction of sp³-hybridized carbons (Fsp3) is 0.400. The van der Waals surface area contributed by atoms with Crippen LogP contribution in [0, 0.1) is 10.1 Å². The highest BCUT2D eigenvalue weighted by molar-refractivity contribution is 5.98. The van der Waals surface area contributed by atoms with Crippen LogP contribution in [0.15, 0.2) is 24.3 Å². The van der Waals surface area contributed by atoms with E-state index < -0.39 is 0 Å². The van der Waals surface area contributed by atoms with Crippen molar-refractivity contribution in [2.75, 3.05) is 43.1 Å². The zero-order valence-corrected chi connectivity index (χ0v) is 12.4. The minimum Gasteiger partial charge on any atom is -0.378 e. The summed E-state index contributed by atoms with van der Waals surface area (Å²) in [4.78, 5) is 18.0. The van der Waals surface area contributed by atoms with Crippen molar-refractivity contribution in [3.63, 3.8) is 0 Å². The third kappa shape index (κ3) is 2.55. The Kier molecular flexibility index (Phi) is 4.06. The van der Waals surface area contributed by atoms with Gasteiger partial charge >= 0.3 is 5.69 Å². The van der Waals surface area contributed by atoms with Gasteiger partial charge in [0.25, 0.3) is 0 Å². The first-order chi connectivity index (χ1) is 10.7. The number of fused-ring (bicyclic) bond motifs is 1. The van der Waals surface area contributed by atoms with Crippen molar-refractivity contribution >= 4 is 28.1 Å². The van der Waals surface area contributed by atoms with Crippen LogP contribution in [0.3, 0.4) is 0 Å². The van der Waals surface area contributed by atoms with Gasteiger partial charge in [0.2, 0.25) is 0 Å². The Morgan fingerprint density at radius 2 is 2.09 bits per heavy atom. The van der Waals surface area contributed by atoms with E-state index in [1.165, 1.54) is 0 Å². The molecule has 0 unspecified atom stereocenters. The molecule has 22 heavy (non-hydrogen) atoms. The lowest BCUT2D eigenvalue weighted by Gasteiger charge is -2.29. The summed E-state index contributed by atoms with van der Waals surface area (Å²) in [7, 11) is 0. The van der Waals surface area contributed by atoms with Gasteiger partial charge in [-0.2, -0.15) is 0 Å². The van der Waals surface area contributed by atoms with Gasteiger partial charge in [0.05, 0.1) is 29.0 Å². The van der Waals surface area contributed by atoms with Gasteiger partial charge in [-0.1, -0.05) is 12.1 Å². The minimum atomic E-state index is -0.327. The lowest BCUT2D eigenvalue weighted by atomic mass is 10.1. The number of nitrogens with one attached hydrogen (secondary N) is 1. The fourth-order valence-electron chi connectivity index (χ4n) is 2.72. The number of morpholine rings is 1. The fourth-order valence-corrected chi connectivity index (χ4v) is 2.72. The quantitative estimate of drug-likeness (QED) is 0.690. The molecule has 1 saturated heterocycles. The number of rotatable bonds is 4. The molecule has 0 bridgehead atoms. The molecule has 1 aromatic heterocycles. The molecule has 0 aliphatic carbocycles. The standard InChI is InChI=1S/C15H18N4O3/c1-2-16-13-14(19(20)21)11-5-3-4-6-12(11)17-15(13)18-7-9-22-10-8-18/h3-6,16H,2,7-10H2,1H3. The van der Waals surface area contributed by atoms with Crippen molar-refractivity contribution in [3.8, 4) is 0 Å². The van der Waals surface area contributed by atoms with Gasteiger partial charge in [-0.25, -0.2) is 4.98 Å². The van der Waals surface area contributed by atoms with Crippen molar-refractivity contribution in [1.29, 1.82) is 0 Å². The first-order valence-corrected chi connectivity index (χ1v) is 7.36. The summed E-state index contributed by atoms with van der Waals surface area (Å²) in [6, 6.07) is 7.18. The van der Waals surface area contributed by atoms with E-state index in [1.807, 2.05) is 24.0 Å². The topological polar surface area (TPSA) is 80.5 Å². The minimum absolute atomic E-state index is 0.0916. The Balaban J connectivity index is 2.24. The van der Waals surface area contributed by atoms with E-state index in [-0.39, 0.29) is 10.6 Å². The van der Waals surface area contributed by atoms with Crippen molar-refractivity contribution < 1.29 is 9.66 Å². The molecule has 0 spiro atoms. The number of nitro groups is 1. The molecule has 0 radical (unpaired) electrons. The van der Waals surface area contributed by atoms with Gasteiger partial charge in [0, 0.05) is 19.6 Å². The number of para-hydroxylation sites is 1. The van der Waals surface area contributed by atoms with Crippen LogP contribution in [0.25, 0.3) is 10.9 Å². The maximum atomic E-state index is 11.6. The van der Waals surface area contributed by atoms with Gasteiger partial charge in [-0.15, -0.1) is 0 Å². The summed E-state index contributed by atoms with van der Waals surface area (Å²) >= 11 is 0. The highest BCUT2D eigenvalue weighted by Crippen LogP contribution is 2.39. The summed E-state index contributed by atoms with van der Waals surface area (Å²) in [5.74, 6) is 0.635. The Bertz CT molecular complexity index is 698. The maximum Gasteiger partial charge on any atom is 0.305 e. The molecule has 0 amide bonds. The zero-order valence-electron chi connectivity index (χ0n) is 12.4. The maximum absolute atomic E-state index is 11.6. The number of ether oxygens (including phenoxy) is 1. The number of hydrogen-bond donors (Lipinski definition) is 1. The largest absolute Gasteiger partial charge is 0.378 e. The molecule has 116 valence electrons. The molecule has 1 aliphatic rings. The van der Waals surface area contributed by atoms with Crippen LogP contribution < -0.4 is 10.2 Å². The molecular formula is C15H18N4O3. The number of anilines is 2. The first kappa shape index (κ1) is 14.5. The zero-order chi connectivity index (χ0) is 15.5. The number of hydrogen-bond acceptors (Lipinski definition) is 6. The molecule has 1 fully saturated rings. The normalized spacial score (nSPS) is 15.0. The van der Waals surface area contributed by atoms with Crippen molar-refractivity contribution in [3.05, 3.63) is 34.4 Å². The molecule has 0 atom stereocenters. The molecule has 1 aromatic carbocycles. The third-order valence-electron chi connectivity index (χ3n) is 3.69. The Morgan fingerprint density at radius 1 is 1.36 bits per heavy atom. The molecule has 0 saturated carbocycles. The third-order valence-corrected chi connectivity index (χ3v) is 3.69. The lowest BCUT2D eigenvalue weighted by Crippen LogP contribution is -2.37. The molecule has 7 nitrogen and oxygen atoms in total. The summed E-state index contributed by atoms with van der Waals surface area (Å²) < 4.78 is 5.36. The molecular weight excluding hydrogens is 284 g/mol. The Morgan fingerprint density at radius 3 is 2.77 bits per heavy atom. The van der Waals surface area contributed by atoms with E-state index in [4.69, 9.17) is 4.74 Å². The van der Waals surface area contributed by atoms with E-state index in [0.717, 1.165) is 0 Å². The highest BCUT2D eigenvalue weighted by Gasteiger charge is 2.27. The van der Waals surface area contributed by atoms with Crippen LogP contribution in [-0.4, -0.2) is 42.8 Å². The summed E-state index contributed by atoms with van der Waals surface area (Å²) in [5.41, 5.74) is 1.22. The summed E-state index contributed by atoms with van der Waals surface area (Å²) in [6.07, 6.45) is 0. The van der Waals surface area contributed by atoms with Crippen molar-refractivity contribution in [2.24, 2.45) is 0 Å². The van der Waals surface area contributed by atoms with E-state index in [1.54, 1.807) is 12.1 Å². The highest BCUT2D eigenvalue weighted by atomic mass is 16.6. The number of benzene rings is 1. The van der Waals surface area contributed by atoms with Gasteiger partial charge in [0.15, 0.2) is 11.5 Å². The predicted molar refractivity (Wildman–Crippen MR) is 85.6 cm³/mol. The van der Waals surface area contributed by atoms with Gasteiger partial charge in [-0.3, -0.25) is 10.1 Å². The van der Waals surface area contributed by atoms with Crippen molar-refractivity contribution in [2.45, 2.75) is 6.92 Å². The second-order valence-corrected chi connectivity index (χ2v) is 5.06. The number of nitrogens with zero attached hydrogens (tertiary/aromatic N) is 3. The van der Waals surface area contributed by atoms with E-state index in [2.05, 4.69) is 10.3 Å². The van der Waals surface area contributed by atoms with E-state index in [0.29, 0.717) is 55.3 Å². The number of pyridine rings is 1. The monoisotopic (exact) mass is 302 g/mol. The SMILES string of the molecule is CCNc1c(N2CCOCC2)nc2ccccc2c1[N+](=O)[O-]. The smallest absolute Gasteiger partial charge is 0.305 e. The first-order valence-electron chi connectivity index (χ1n) is 7.36. The van der Waals surface area contributed by atoms with E-state index in [9.17, 15) is 10.1 Å².